The van der Waals surface area contributed by atoms with Crippen LogP contribution in [0.5, 0.6) is 0 Å². The summed E-state index contributed by atoms with van der Waals surface area (Å²) in [6, 6.07) is 13.5. The van der Waals surface area contributed by atoms with Gasteiger partial charge in [0.2, 0.25) is 0 Å². The smallest absolute Gasteiger partial charge is 0.252 e. The molecule has 0 heterocycles. The first-order chi connectivity index (χ1) is 9.89. The van der Waals surface area contributed by atoms with Gasteiger partial charge >= 0.3 is 0 Å². The number of fused-ring (bicyclic) bond motifs is 1. The molecule has 0 bridgehead atoms. The van der Waals surface area contributed by atoms with Gasteiger partial charge in [-0.25, -0.2) is 0 Å². The van der Waals surface area contributed by atoms with E-state index in [1.165, 1.54) is 0 Å². The summed E-state index contributed by atoms with van der Waals surface area (Å²) in [4.78, 5) is 12.4. The molecule has 0 spiro atoms. The molecule has 112 valence electrons. The minimum absolute atomic E-state index is 0.143. The van der Waals surface area contributed by atoms with E-state index in [2.05, 4.69) is 19.2 Å². The molecule has 2 N–H and O–H groups in total. The number of rotatable bonds is 5. The van der Waals surface area contributed by atoms with Crippen molar-refractivity contribution in [1.29, 1.82) is 0 Å². The number of benzene rings is 2. The molecular weight excluding hydrogens is 262 g/mol. The van der Waals surface area contributed by atoms with Crippen molar-refractivity contribution in [2.75, 3.05) is 6.54 Å². The van der Waals surface area contributed by atoms with Gasteiger partial charge in [0.1, 0.15) is 0 Å². The van der Waals surface area contributed by atoms with Crippen molar-refractivity contribution in [3.63, 3.8) is 0 Å². The topological polar surface area (TPSA) is 49.3 Å². The minimum Gasteiger partial charge on any atom is -0.388 e. The molecule has 0 fully saturated rings. The molecule has 1 amide bonds. The highest BCUT2D eigenvalue weighted by Gasteiger charge is 2.23. The molecule has 0 saturated carbocycles. The Kier molecular flexibility index (Phi) is 4.63. The van der Waals surface area contributed by atoms with Crippen molar-refractivity contribution in [2.45, 2.75) is 32.8 Å². The normalized spacial score (nSPS) is 14.1. The number of carbonyl (C=O) groups is 1. The number of hydrogen-bond donors (Lipinski definition) is 2. The average molecular weight is 285 g/mol. The van der Waals surface area contributed by atoms with E-state index in [-0.39, 0.29) is 12.5 Å². The van der Waals surface area contributed by atoms with E-state index in [4.69, 9.17) is 0 Å². The van der Waals surface area contributed by atoms with Gasteiger partial charge in [0, 0.05) is 12.1 Å². The van der Waals surface area contributed by atoms with E-state index in [1.54, 1.807) is 6.92 Å². The molecule has 3 nitrogen and oxygen atoms in total. The molecule has 0 aliphatic rings. The van der Waals surface area contributed by atoms with Gasteiger partial charge in [0.15, 0.2) is 0 Å². The summed E-state index contributed by atoms with van der Waals surface area (Å²) in [7, 11) is 0. The SMILES string of the molecule is CC(C)CC(C)(O)CNC(=O)c1cccc2ccccc12. The Hall–Kier alpha value is -1.87. The number of aliphatic hydroxyl groups is 1. The number of carbonyl (C=O) groups excluding carboxylic acids is 1. The third-order valence-corrected chi connectivity index (χ3v) is 3.51. The molecule has 0 aliphatic heterocycles. The lowest BCUT2D eigenvalue weighted by atomic mass is 9.94. The third-order valence-electron chi connectivity index (χ3n) is 3.51. The molecule has 3 heteroatoms. The van der Waals surface area contributed by atoms with E-state index >= 15 is 0 Å². The second-order valence-electron chi connectivity index (χ2n) is 6.30. The van der Waals surface area contributed by atoms with Crippen LogP contribution < -0.4 is 5.32 Å². The van der Waals surface area contributed by atoms with Gasteiger partial charge in [0.25, 0.3) is 5.91 Å². The third kappa shape index (κ3) is 4.05. The van der Waals surface area contributed by atoms with E-state index in [0.717, 1.165) is 10.8 Å². The Balaban J connectivity index is 2.13. The van der Waals surface area contributed by atoms with Crippen molar-refractivity contribution in [1.82, 2.24) is 5.32 Å². The predicted octanol–water partition coefficient (Wildman–Crippen LogP) is 3.37. The average Bonchev–Trinajstić information content (AvgIpc) is 2.43. The van der Waals surface area contributed by atoms with Gasteiger partial charge in [-0.2, -0.15) is 0 Å². The van der Waals surface area contributed by atoms with Gasteiger partial charge in [0.05, 0.1) is 5.60 Å². The number of hydrogen-bond acceptors (Lipinski definition) is 2. The van der Waals surface area contributed by atoms with Crippen LogP contribution in [-0.2, 0) is 0 Å². The maximum absolute atomic E-state index is 12.4. The molecule has 2 rings (SSSR count). The van der Waals surface area contributed by atoms with Crippen LogP contribution in [0.2, 0.25) is 0 Å². The van der Waals surface area contributed by atoms with Gasteiger partial charge in [-0.1, -0.05) is 50.2 Å². The Bertz CT molecular complexity index is 627. The Morgan fingerprint density at radius 3 is 2.57 bits per heavy atom. The Labute approximate surface area is 126 Å². The standard InChI is InChI=1S/C18H23NO2/c1-13(2)11-18(3,21)12-19-17(20)16-10-6-8-14-7-4-5-9-15(14)16/h4-10,13,21H,11-12H2,1-3H3,(H,19,20). The molecule has 0 saturated heterocycles. The molecule has 2 aromatic carbocycles. The molecule has 1 atom stereocenters. The summed E-state index contributed by atoms with van der Waals surface area (Å²) >= 11 is 0. The summed E-state index contributed by atoms with van der Waals surface area (Å²) in [6.45, 7) is 6.13. The van der Waals surface area contributed by atoms with Crippen LogP contribution in [0.25, 0.3) is 10.8 Å². The highest BCUT2D eigenvalue weighted by Crippen LogP contribution is 2.19. The van der Waals surface area contributed by atoms with E-state index in [9.17, 15) is 9.90 Å². The van der Waals surface area contributed by atoms with Crippen molar-refractivity contribution < 1.29 is 9.90 Å². The molecule has 0 aromatic heterocycles. The first-order valence-electron chi connectivity index (χ1n) is 7.37. The van der Waals surface area contributed by atoms with Crippen LogP contribution in [0.1, 0.15) is 37.6 Å². The van der Waals surface area contributed by atoms with E-state index < -0.39 is 5.60 Å². The largest absolute Gasteiger partial charge is 0.388 e. The lowest BCUT2D eigenvalue weighted by Crippen LogP contribution is -2.41. The highest BCUT2D eigenvalue weighted by molar-refractivity contribution is 6.07. The lowest BCUT2D eigenvalue weighted by Gasteiger charge is -2.25. The van der Waals surface area contributed by atoms with Crippen LogP contribution in [0.3, 0.4) is 0 Å². The zero-order valence-electron chi connectivity index (χ0n) is 12.9. The Morgan fingerprint density at radius 1 is 1.19 bits per heavy atom. The first-order valence-corrected chi connectivity index (χ1v) is 7.37. The predicted molar refractivity (Wildman–Crippen MR) is 86.4 cm³/mol. The Morgan fingerprint density at radius 2 is 1.86 bits per heavy atom. The highest BCUT2D eigenvalue weighted by atomic mass is 16.3. The van der Waals surface area contributed by atoms with Gasteiger partial charge in [-0.15, -0.1) is 0 Å². The molecule has 1 unspecified atom stereocenters. The number of amides is 1. The minimum atomic E-state index is -0.881. The molecule has 0 radical (unpaired) electrons. The van der Waals surface area contributed by atoms with Crippen LogP contribution in [0, 0.1) is 5.92 Å². The molecule has 2 aromatic rings. The fourth-order valence-electron chi connectivity index (χ4n) is 2.74. The summed E-state index contributed by atoms with van der Waals surface area (Å²) in [6.07, 6.45) is 0.656. The van der Waals surface area contributed by atoms with Crippen LogP contribution in [-0.4, -0.2) is 23.2 Å². The summed E-state index contributed by atoms with van der Waals surface area (Å²) in [5.74, 6) is 0.241. The summed E-state index contributed by atoms with van der Waals surface area (Å²) in [5, 5.41) is 15.1. The van der Waals surface area contributed by atoms with Gasteiger partial charge < -0.3 is 10.4 Å². The van der Waals surface area contributed by atoms with E-state index in [1.807, 2.05) is 42.5 Å². The zero-order valence-corrected chi connectivity index (χ0v) is 12.9. The molecule has 21 heavy (non-hydrogen) atoms. The van der Waals surface area contributed by atoms with Crippen molar-refractivity contribution in [2.24, 2.45) is 5.92 Å². The maximum Gasteiger partial charge on any atom is 0.252 e. The second kappa shape index (κ2) is 6.27. The van der Waals surface area contributed by atoms with Crippen LogP contribution in [0.4, 0.5) is 0 Å². The lowest BCUT2D eigenvalue weighted by molar-refractivity contribution is 0.0368. The van der Waals surface area contributed by atoms with Gasteiger partial charge in [-0.3, -0.25) is 4.79 Å². The van der Waals surface area contributed by atoms with Crippen LogP contribution in [0.15, 0.2) is 42.5 Å². The monoisotopic (exact) mass is 285 g/mol. The quantitative estimate of drug-likeness (QED) is 0.885. The molecular formula is C18H23NO2. The van der Waals surface area contributed by atoms with Crippen molar-refractivity contribution in [3.05, 3.63) is 48.0 Å². The van der Waals surface area contributed by atoms with Gasteiger partial charge in [-0.05, 0) is 36.1 Å². The fraction of sp³-hybridized carbons (Fsp3) is 0.389. The summed E-state index contributed by atoms with van der Waals surface area (Å²) in [5.41, 5.74) is -0.234. The zero-order chi connectivity index (χ0) is 15.5. The first kappa shape index (κ1) is 15.5. The maximum atomic E-state index is 12.4. The molecule has 0 aliphatic carbocycles. The fourth-order valence-corrected chi connectivity index (χ4v) is 2.74. The summed E-state index contributed by atoms with van der Waals surface area (Å²) < 4.78 is 0. The second-order valence-corrected chi connectivity index (χ2v) is 6.30. The van der Waals surface area contributed by atoms with Crippen LogP contribution >= 0.6 is 0 Å². The van der Waals surface area contributed by atoms with E-state index in [0.29, 0.717) is 17.9 Å². The van der Waals surface area contributed by atoms with Crippen molar-refractivity contribution >= 4 is 16.7 Å². The number of nitrogens with one attached hydrogen (secondary N) is 1. The van der Waals surface area contributed by atoms with Crippen molar-refractivity contribution in [3.8, 4) is 0 Å².